The Hall–Kier alpha value is 0.230. The molecule has 1 atom stereocenters. The molecule has 0 aromatic rings. The largest absolute Gasteiger partial charge is 0.393 e. The molecule has 18 heavy (non-hydrogen) atoms. The van der Waals surface area contributed by atoms with E-state index in [2.05, 4.69) is 23.8 Å². The van der Waals surface area contributed by atoms with Crippen LogP contribution in [0.3, 0.4) is 0 Å². The summed E-state index contributed by atoms with van der Waals surface area (Å²) in [6, 6.07) is 0. The van der Waals surface area contributed by atoms with Crippen LogP contribution in [-0.2, 0) is 4.74 Å². The summed E-state index contributed by atoms with van der Waals surface area (Å²) in [6.45, 7) is 4.42. The number of ether oxygens (including phenoxy) is 1. The van der Waals surface area contributed by atoms with Crippen LogP contribution in [0.5, 0.6) is 0 Å². The molecule has 0 amide bonds. The van der Waals surface area contributed by atoms with Gasteiger partial charge in [0.2, 0.25) is 0 Å². The molecule has 1 fully saturated rings. The number of aliphatic hydroxyl groups excluding tert-OH is 1. The molecular formula is C14H28NO2S. The van der Waals surface area contributed by atoms with Crippen molar-refractivity contribution in [3.05, 3.63) is 7.11 Å². The molecule has 0 aromatic heterocycles. The summed E-state index contributed by atoms with van der Waals surface area (Å²) >= 11 is 2.07. The highest BCUT2D eigenvalue weighted by Crippen LogP contribution is 2.12. The Bertz CT molecular complexity index is 187. The third-order valence-electron chi connectivity index (χ3n) is 3.44. The van der Waals surface area contributed by atoms with E-state index in [0.29, 0.717) is 6.61 Å². The standard InChI is InChI=1S/C14H28NO2S/c1-17-11-5-7-14(16)6-3-2-4-8-15-9-12-18-13-10-15/h14,16H,1-13H2/t14-/m0/s1. The molecule has 1 aliphatic rings. The average molecular weight is 274 g/mol. The van der Waals surface area contributed by atoms with Crippen LogP contribution in [0.2, 0.25) is 0 Å². The Labute approximate surface area is 116 Å². The Morgan fingerprint density at radius 1 is 1.11 bits per heavy atom. The van der Waals surface area contributed by atoms with Crippen LogP contribution < -0.4 is 0 Å². The van der Waals surface area contributed by atoms with Crippen molar-refractivity contribution in [2.75, 3.05) is 37.7 Å². The zero-order chi connectivity index (χ0) is 13.1. The topological polar surface area (TPSA) is 32.7 Å². The fourth-order valence-corrected chi connectivity index (χ4v) is 3.26. The molecule has 1 aliphatic heterocycles. The van der Waals surface area contributed by atoms with Gasteiger partial charge in [-0.1, -0.05) is 12.8 Å². The second-order valence-corrected chi connectivity index (χ2v) is 6.23. The number of hydrogen-bond acceptors (Lipinski definition) is 4. The quantitative estimate of drug-likeness (QED) is 0.621. The molecule has 1 rings (SSSR count). The number of hydrogen-bond donors (Lipinski definition) is 1. The van der Waals surface area contributed by atoms with E-state index in [4.69, 9.17) is 4.74 Å². The zero-order valence-electron chi connectivity index (χ0n) is 11.5. The smallest absolute Gasteiger partial charge is 0.0700 e. The number of aliphatic hydroxyl groups is 1. The van der Waals surface area contributed by atoms with Crippen molar-refractivity contribution < 1.29 is 9.84 Å². The first kappa shape index (κ1) is 16.3. The van der Waals surface area contributed by atoms with E-state index in [1.165, 1.54) is 44.0 Å². The molecule has 0 unspecified atom stereocenters. The molecule has 0 aromatic carbocycles. The van der Waals surface area contributed by atoms with Crippen molar-refractivity contribution in [2.24, 2.45) is 0 Å². The molecule has 1 heterocycles. The summed E-state index contributed by atoms with van der Waals surface area (Å²) < 4.78 is 4.73. The first-order valence-corrected chi connectivity index (χ1v) is 8.33. The first-order valence-electron chi connectivity index (χ1n) is 7.18. The summed E-state index contributed by atoms with van der Waals surface area (Å²) in [7, 11) is 3.33. The second-order valence-electron chi connectivity index (χ2n) is 5.01. The normalized spacial score (nSPS) is 19.0. The molecule has 0 aliphatic carbocycles. The van der Waals surface area contributed by atoms with Gasteiger partial charge >= 0.3 is 0 Å². The van der Waals surface area contributed by atoms with E-state index < -0.39 is 0 Å². The van der Waals surface area contributed by atoms with Gasteiger partial charge in [0.15, 0.2) is 0 Å². The lowest BCUT2D eigenvalue weighted by Crippen LogP contribution is -2.33. The Morgan fingerprint density at radius 2 is 1.83 bits per heavy atom. The molecule has 1 radical (unpaired) electrons. The molecule has 1 saturated heterocycles. The van der Waals surface area contributed by atoms with Gasteiger partial charge in [0.1, 0.15) is 0 Å². The lowest BCUT2D eigenvalue weighted by molar-refractivity contribution is 0.133. The van der Waals surface area contributed by atoms with Gasteiger partial charge in [-0.3, -0.25) is 0 Å². The predicted molar refractivity (Wildman–Crippen MR) is 78.8 cm³/mol. The van der Waals surface area contributed by atoms with E-state index in [-0.39, 0.29) is 6.10 Å². The Balaban J connectivity index is 1.85. The lowest BCUT2D eigenvalue weighted by atomic mass is 10.1. The van der Waals surface area contributed by atoms with Crippen LogP contribution in [0.25, 0.3) is 0 Å². The molecular weight excluding hydrogens is 246 g/mol. The van der Waals surface area contributed by atoms with E-state index in [0.717, 1.165) is 25.7 Å². The van der Waals surface area contributed by atoms with Crippen LogP contribution in [-0.4, -0.2) is 53.9 Å². The van der Waals surface area contributed by atoms with Gasteiger partial charge in [-0.05, 0) is 32.2 Å². The van der Waals surface area contributed by atoms with E-state index in [9.17, 15) is 5.11 Å². The molecule has 3 nitrogen and oxygen atoms in total. The molecule has 0 bridgehead atoms. The summed E-state index contributed by atoms with van der Waals surface area (Å²) in [6.07, 6.45) is 6.22. The predicted octanol–water partition coefficient (Wildman–Crippen LogP) is 2.54. The maximum Gasteiger partial charge on any atom is 0.0700 e. The highest BCUT2D eigenvalue weighted by atomic mass is 32.2. The highest BCUT2D eigenvalue weighted by Gasteiger charge is 2.09. The van der Waals surface area contributed by atoms with E-state index in [1.54, 1.807) is 0 Å². The minimum absolute atomic E-state index is 0.147. The SMILES string of the molecule is [CH2]OCCC[C@@H](O)CCCCCN1CCSCC1. The second kappa shape index (κ2) is 11.1. The fraction of sp³-hybridized carbons (Fsp3) is 0.929. The molecule has 0 saturated carbocycles. The van der Waals surface area contributed by atoms with Crippen LogP contribution in [0.4, 0.5) is 0 Å². The van der Waals surface area contributed by atoms with Gasteiger partial charge in [-0.25, -0.2) is 0 Å². The van der Waals surface area contributed by atoms with Crippen molar-refractivity contribution in [2.45, 2.75) is 44.6 Å². The summed E-state index contributed by atoms with van der Waals surface area (Å²) in [5.41, 5.74) is 0. The monoisotopic (exact) mass is 274 g/mol. The average Bonchev–Trinajstić information content (AvgIpc) is 2.40. The van der Waals surface area contributed by atoms with Gasteiger partial charge in [0.05, 0.1) is 13.2 Å². The minimum Gasteiger partial charge on any atom is -0.393 e. The van der Waals surface area contributed by atoms with Gasteiger partial charge in [0.25, 0.3) is 0 Å². The van der Waals surface area contributed by atoms with Gasteiger partial charge in [-0.2, -0.15) is 11.8 Å². The Morgan fingerprint density at radius 3 is 2.56 bits per heavy atom. The highest BCUT2D eigenvalue weighted by molar-refractivity contribution is 7.99. The number of unbranched alkanes of at least 4 members (excludes halogenated alkanes) is 2. The molecule has 1 N–H and O–H groups in total. The maximum atomic E-state index is 9.73. The van der Waals surface area contributed by atoms with Crippen molar-refractivity contribution in [3.63, 3.8) is 0 Å². The fourth-order valence-electron chi connectivity index (χ4n) is 2.28. The third-order valence-corrected chi connectivity index (χ3v) is 4.38. The summed E-state index contributed by atoms with van der Waals surface area (Å²) in [5.74, 6) is 2.60. The lowest BCUT2D eigenvalue weighted by Gasteiger charge is -2.25. The van der Waals surface area contributed by atoms with Gasteiger partial charge in [0, 0.05) is 31.2 Å². The van der Waals surface area contributed by atoms with Crippen LogP contribution in [0, 0.1) is 7.11 Å². The Kier molecular flexibility index (Phi) is 10.0. The van der Waals surface area contributed by atoms with Crippen LogP contribution in [0.1, 0.15) is 38.5 Å². The molecule has 107 valence electrons. The van der Waals surface area contributed by atoms with Crippen molar-refractivity contribution >= 4 is 11.8 Å². The van der Waals surface area contributed by atoms with Gasteiger partial charge < -0.3 is 14.7 Å². The van der Waals surface area contributed by atoms with E-state index >= 15 is 0 Å². The molecule has 0 spiro atoms. The number of rotatable bonds is 10. The third kappa shape index (κ3) is 8.35. The summed E-state index contributed by atoms with van der Waals surface area (Å²) in [5, 5.41) is 9.73. The van der Waals surface area contributed by atoms with Crippen LogP contribution >= 0.6 is 11.8 Å². The minimum atomic E-state index is -0.147. The number of thioether (sulfide) groups is 1. The van der Waals surface area contributed by atoms with Crippen molar-refractivity contribution in [1.29, 1.82) is 0 Å². The number of nitrogens with zero attached hydrogens (tertiary/aromatic N) is 1. The zero-order valence-corrected chi connectivity index (χ0v) is 12.3. The maximum absolute atomic E-state index is 9.73. The molecule has 4 heteroatoms. The van der Waals surface area contributed by atoms with Crippen molar-refractivity contribution in [3.8, 4) is 0 Å². The van der Waals surface area contributed by atoms with Crippen LogP contribution in [0.15, 0.2) is 0 Å². The first-order chi connectivity index (χ1) is 8.83. The van der Waals surface area contributed by atoms with E-state index in [1.807, 2.05) is 0 Å². The van der Waals surface area contributed by atoms with Gasteiger partial charge in [-0.15, -0.1) is 0 Å². The summed E-state index contributed by atoms with van der Waals surface area (Å²) in [4.78, 5) is 2.57. The van der Waals surface area contributed by atoms with Crippen molar-refractivity contribution in [1.82, 2.24) is 4.90 Å².